The number of carbonyl (C=O) groups excluding carboxylic acids is 2. The molecule has 1 amide bonds. The summed E-state index contributed by atoms with van der Waals surface area (Å²) in [7, 11) is -3.94. The molecule has 0 radical (unpaired) electrons. The summed E-state index contributed by atoms with van der Waals surface area (Å²) < 4.78 is 33.8. The van der Waals surface area contributed by atoms with Gasteiger partial charge < -0.3 is 15.2 Å². The monoisotopic (exact) mass is 532 g/mol. The van der Waals surface area contributed by atoms with Crippen LogP contribution in [-0.2, 0) is 26.0 Å². The van der Waals surface area contributed by atoms with E-state index in [1.807, 2.05) is 30.3 Å². The topological polar surface area (TPSA) is 122 Å². The highest BCUT2D eigenvalue weighted by Crippen LogP contribution is 2.23. The Bertz CT molecular complexity index is 1560. The molecule has 0 saturated carbocycles. The standard InChI is InChI=1S/C29H28N2O6S/c1-2-37-28(34)29(20-32,19-21-9-4-3-5-10-21)30-27(33)24-13-8-14-25(17-24)31-38(35,36)26-16-15-22-11-6-7-12-23(22)18-26/h3-18,31-32H,2,19-20H2,1H3,(H,30,33)/t29-/m0/s1. The van der Waals surface area contributed by atoms with E-state index in [4.69, 9.17) is 4.74 Å². The fourth-order valence-corrected chi connectivity index (χ4v) is 5.19. The van der Waals surface area contributed by atoms with Crippen LogP contribution >= 0.6 is 0 Å². The molecule has 8 nitrogen and oxygen atoms in total. The lowest BCUT2D eigenvalue weighted by molar-refractivity contribution is -0.152. The van der Waals surface area contributed by atoms with Gasteiger partial charge >= 0.3 is 5.97 Å². The van der Waals surface area contributed by atoms with E-state index in [9.17, 15) is 23.1 Å². The van der Waals surface area contributed by atoms with E-state index < -0.39 is 34.0 Å². The van der Waals surface area contributed by atoms with Crippen molar-refractivity contribution in [2.24, 2.45) is 0 Å². The van der Waals surface area contributed by atoms with Gasteiger partial charge in [-0.15, -0.1) is 0 Å². The van der Waals surface area contributed by atoms with Crippen LogP contribution in [0, 0.1) is 0 Å². The molecule has 0 unspecified atom stereocenters. The maximum absolute atomic E-state index is 13.2. The molecule has 4 aromatic carbocycles. The van der Waals surface area contributed by atoms with E-state index in [1.54, 1.807) is 43.3 Å². The van der Waals surface area contributed by atoms with E-state index in [2.05, 4.69) is 10.0 Å². The molecule has 0 aliphatic carbocycles. The van der Waals surface area contributed by atoms with E-state index in [-0.39, 0.29) is 29.2 Å². The molecule has 0 fully saturated rings. The summed E-state index contributed by atoms with van der Waals surface area (Å²) in [5.74, 6) is -1.44. The largest absolute Gasteiger partial charge is 0.464 e. The third-order valence-electron chi connectivity index (χ3n) is 6.05. The number of anilines is 1. The van der Waals surface area contributed by atoms with Crippen LogP contribution in [0.15, 0.2) is 102 Å². The van der Waals surface area contributed by atoms with Crippen molar-refractivity contribution in [2.45, 2.75) is 23.8 Å². The lowest BCUT2D eigenvalue weighted by Crippen LogP contribution is -2.59. The minimum atomic E-state index is -3.94. The third kappa shape index (κ3) is 6.01. The molecule has 1 atom stereocenters. The Morgan fingerprint density at radius 2 is 1.58 bits per heavy atom. The summed E-state index contributed by atoms with van der Waals surface area (Å²) in [5, 5.41) is 14.6. The average molecular weight is 533 g/mol. The zero-order valence-corrected chi connectivity index (χ0v) is 21.6. The summed E-state index contributed by atoms with van der Waals surface area (Å²) in [5.41, 5.74) is -0.750. The molecule has 0 saturated heterocycles. The second kappa shape index (κ2) is 11.5. The number of carbonyl (C=O) groups is 2. The number of benzene rings is 4. The molecule has 3 N–H and O–H groups in total. The first kappa shape index (κ1) is 26.8. The number of rotatable bonds is 10. The van der Waals surface area contributed by atoms with E-state index in [1.165, 1.54) is 30.3 Å². The van der Waals surface area contributed by atoms with Gasteiger partial charge in [0.15, 0.2) is 5.54 Å². The van der Waals surface area contributed by atoms with Gasteiger partial charge in [0, 0.05) is 17.7 Å². The van der Waals surface area contributed by atoms with Gasteiger partial charge in [-0.2, -0.15) is 0 Å². The minimum Gasteiger partial charge on any atom is -0.464 e. The molecular formula is C29H28N2O6S. The van der Waals surface area contributed by atoms with Crippen molar-refractivity contribution in [2.75, 3.05) is 17.9 Å². The number of esters is 1. The number of hydrogen-bond acceptors (Lipinski definition) is 6. The molecule has 9 heteroatoms. The minimum absolute atomic E-state index is 0.00317. The Labute approximate surface area is 221 Å². The molecule has 4 rings (SSSR count). The van der Waals surface area contributed by atoms with Crippen LogP contribution in [0.2, 0.25) is 0 Å². The molecule has 4 aromatic rings. The smallest absolute Gasteiger partial charge is 0.334 e. The van der Waals surface area contributed by atoms with Crippen LogP contribution in [0.3, 0.4) is 0 Å². The van der Waals surface area contributed by atoms with Crippen LogP contribution in [-0.4, -0.2) is 44.2 Å². The van der Waals surface area contributed by atoms with Crippen LogP contribution < -0.4 is 10.0 Å². The maximum atomic E-state index is 13.2. The lowest BCUT2D eigenvalue weighted by atomic mass is 9.91. The van der Waals surface area contributed by atoms with E-state index in [0.29, 0.717) is 5.56 Å². The van der Waals surface area contributed by atoms with Crippen LogP contribution in [0.1, 0.15) is 22.8 Å². The van der Waals surface area contributed by atoms with Gasteiger partial charge in [-0.05, 0) is 53.6 Å². The number of amides is 1. The van der Waals surface area contributed by atoms with Gasteiger partial charge in [0.1, 0.15) is 0 Å². The molecule has 196 valence electrons. The number of sulfonamides is 1. The predicted molar refractivity (Wildman–Crippen MR) is 145 cm³/mol. The average Bonchev–Trinajstić information content (AvgIpc) is 2.93. The highest BCUT2D eigenvalue weighted by molar-refractivity contribution is 7.92. The van der Waals surface area contributed by atoms with Gasteiger partial charge in [-0.25, -0.2) is 13.2 Å². The third-order valence-corrected chi connectivity index (χ3v) is 7.42. The number of ether oxygens (including phenoxy) is 1. The Hall–Kier alpha value is -4.21. The van der Waals surface area contributed by atoms with E-state index >= 15 is 0 Å². The van der Waals surface area contributed by atoms with Gasteiger partial charge in [0.2, 0.25) is 0 Å². The Morgan fingerprint density at radius 1 is 0.868 bits per heavy atom. The molecular weight excluding hydrogens is 504 g/mol. The van der Waals surface area contributed by atoms with Crippen molar-refractivity contribution >= 4 is 38.4 Å². The first-order valence-electron chi connectivity index (χ1n) is 12.0. The Kier molecular flexibility index (Phi) is 8.09. The van der Waals surface area contributed by atoms with Crippen molar-refractivity contribution in [1.29, 1.82) is 0 Å². The lowest BCUT2D eigenvalue weighted by Gasteiger charge is -2.30. The quantitative estimate of drug-likeness (QED) is 0.266. The normalized spacial score (nSPS) is 12.9. The van der Waals surface area contributed by atoms with Crippen molar-refractivity contribution in [3.63, 3.8) is 0 Å². The molecule has 0 aromatic heterocycles. The first-order valence-corrected chi connectivity index (χ1v) is 13.5. The second-order valence-corrected chi connectivity index (χ2v) is 10.5. The van der Waals surface area contributed by atoms with Gasteiger partial charge in [-0.1, -0.05) is 66.7 Å². The molecule has 38 heavy (non-hydrogen) atoms. The van der Waals surface area contributed by atoms with Gasteiger partial charge in [0.25, 0.3) is 15.9 Å². The van der Waals surface area contributed by atoms with Crippen molar-refractivity contribution in [1.82, 2.24) is 5.32 Å². The van der Waals surface area contributed by atoms with Gasteiger partial charge in [0.05, 0.1) is 18.1 Å². The van der Waals surface area contributed by atoms with Crippen molar-refractivity contribution in [3.05, 3.63) is 108 Å². The molecule has 0 bridgehead atoms. The Balaban J connectivity index is 1.58. The Morgan fingerprint density at radius 3 is 2.29 bits per heavy atom. The molecule has 0 aliphatic rings. The second-order valence-electron chi connectivity index (χ2n) is 8.77. The van der Waals surface area contributed by atoms with Crippen LogP contribution in [0.5, 0.6) is 0 Å². The highest BCUT2D eigenvalue weighted by Gasteiger charge is 2.41. The number of fused-ring (bicyclic) bond motifs is 1. The summed E-state index contributed by atoms with van der Waals surface area (Å²) in [6.45, 7) is 1.01. The summed E-state index contributed by atoms with van der Waals surface area (Å²) >= 11 is 0. The molecule has 0 aliphatic heterocycles. The van der Waals surface area contributed by atoms with Crippen molar-refractivity contribution < 1.29 is 27.9 Å². The van der Waals surface area contributed by atoms with Crippen molar-refractivity contribution in [3.8, 4) is 0 Å². The SMILES string of the molecule is CCOC(=O)[C@@](CO)(Cc1ccccc1)NC(=O)c1cccc(NS(=O)(=O)c2ccc3ccccc3c2)c1. The fraction of sp³-hybridized carbons (Fsp3) is 0.172. The number of aliphatic hydroxyl groups is 1. The zero-order chi connectivity index (χ0) is 27.2. The molecule has 0 spiro atoms. The number of hydrogen-bond donors (Lipinski definition) is 3. The fourth-order valence-electron chi connectivity index (χ4n) is 4.10. The zero-order valence-electron chi connectivity index (χ0n) is 20.8. The van der Waals surface area contributed by atoms with Gasteiger partial charge in [-0.3, -0.25) is 9.52 Å². The number of aliphatic hydroxyl groups excluding tert-OH is 1. The molecule has 0 heterocycles. The summed E-state index contributed by atoms with van der Waals surface area (Å²) in [6.07, 6.45) is 0.00317. The maximum Gasteiger partial charge on any atom is 0.334 e. The summed E-state index contributed by atoms with van der Waals surface area (Å²) in [4.78, 5) is 26.2. The predicted octanol–water partition coefficient (Wildman–Crippen LogP) is 3.91. The van der Waals surface area contributed by atoms with Crippen LogP contribution in [0.4, 0.5) is 5.69 Å². The summed E-state index contributed by atoms with van der Waals surface area (Å²) in [6, 6.07) is 27.1. The number of nitrogens with one attached hydrogen (secondary N) is 2. The van der Waals surface area contributed by atoms with E-state index in [0.717, 1.165) is 10.8 Å². The first-order chi connectivity index (χ1) is 18.3. The highest BCUT2D eigenvalue weighted by atomic mass is 32.2. The van der Waals surface area contributed by atoms with Crippen LogP contribution in [0.25, 0.3) is 10.8 Å².